The van der Waals surface area contributed by atoms with Gasteiger partial charge in [0.15, 0.2) is 12.4 Å². The van der Waals surface area contributed by atoms with Gasteiger partial charge in [0.25, 0.3) is 5.69 Å². The molecule has 0 unspecified atom stereocenters. The topological polar surface area (TPSA) is 105 Å². The second-order valence-electron chi connectivity index (χ2n) is 5.54. The molecular formula is C19H15NO7. The van der Waals surface area contributed by atoms with Gasteiger partial charge in [-0.15, -0.1) is 0 Å². The first-order valence-corrected chi connectivity index (χ1v) is 8.09. The number of benzene rings is 2. The Bertz CT molecular complexity index is 949. The Morgan fingerprint density at radius 1 is 1.26 bits per heavy atom. The molecule has 8 nitrogen and oxygen atoms in total. The van der Waals surface area contributed by atoms with Crippen LogP contribution >= 0.6 is 0 Å². The summed E-state index contributed by atoms with van der Waals surface area (Å²) in [6, 6.07) is 10.5. The van der Waals surface area contributed by atoms with Crippen molar-refractivity contribution < 1.29 is 28.7 Å². The number of nitro groups is 1. The minimum Gasteiger partial charge on any atom is -0.482 e. The monoisotopic (exact) mass is 369 g/mol. The number of Topliss-reactive ketones (excluding diaryl/α,β-unsaturated/α-hetero) is 1. The van der Waals surface area contributed by atoms with E-state index in [2.05, 4.69) is 0 Å². The zero-order chi connectivity index (χ0) is 19.4. The molecule has 0 radical (unpaired) electrons. The van der Waals surface area contributed by atoms with Crippen LogP contribution in [0.25, 0.3) is 6.08 Å². The van der Waals surface area contributed by atoms with Crippen molar-refractivity contribution in [2.75, 3.05) is 13.2 Å². The Kier molecular flexibility index (Phi) is 5.16. The third kappa shape index (κ3) is 4.12. The van der Waals surface area contributed by atoms with E-state index in [0.717, 1.165) is 0 Å². The highest BCUT2D eigenvalue weighted by Crippen LogP contribution is 2.35. The van der Waals surface area contributed by atoms with Gasteiger partial charge in [-0.2, -0.15) is 0 Å². The average Bonchev–Trinajstić information content (AvgIpc) is 2.95. The predicted molar refractivity (Wildman–Crippen MR) is 94.6 cm³/mol. The molecule has 0 saturated heterocycles. The molecule has 0 fully saturated rings. The standard InChI is InChI=1S/C19H15NO7/c1-2-25-18(21)11-26-14-6-7-15-16(10-14)27-17(19(15)22)9-12-4-3-5-13(8-12)20(23)24/h3-10H,2,11H2,1H3/b17-9-. The van der Waals surface area contributed by atoms with Gasteiger partial charge < -0.3 is 14.2 Å². The van der Waals surface area contributed by atoms with E-state index in [4.69, 9.17) is 14.2 Å². The van der Waals surface area contributed by atoms with E-state index in [9.17, 15) is 19.7 Å². The van der Waals surface area contributed by atoms with Gasteiger partial charge in [0.2, 0.25) is 5.78 Å². The summed E-state index contributed by atoms with van der Waals surface area (Å²) in [6.07, 6.45) is 1.44. The van der Waals surface area contributed by atoms with Gasteiger partial charge in [-0.25, -0.2) is 4.79 Å². The molecule has 138 valence electrons. The molecule has 0 N–H and O–H groups in total. The number of allylic oxidation sites excluding steroid dienone is 1. The molecule has 1 heterocycles. The molecule has 0 saturated carbocycles. The fourth-order valence-corrected chi connectivity index (χ4v) is 2.48. The summed E-state index contributed by atoms with van der Waals surface area (Å²) < 4.78 is 15.7. The lowest BCUT2D eigenvalue weighted by molar-refractivity contribution is -0.384. The quantitative estimate of drug-likeness (QED) is 0.333. The van der Waals surface area contributed by atoms with E-state index < -0.39 is 10.9 Å². The number of carbonyl (C=O) groups is 2. The van der Waals surface area contributed by atoms with E-state index in [-0.39, 0.29) is 36.2 Å². The Morgan fingerprint density at radius 3 is 2.81 bits per heavy atom. The first kappa shape index (κ1) is 18.1. The van der Waals surface area contributed by atoms with Crippen molar-refractivity contribution >= 4 is 23.5 Å². The average molecular weight is 369 g/mol. The number of fused-ring (bicyclic) bond motifs is 1. The molecule has 8 heteroatoms. The Morgan fingerprint density at radius 2 is 2.07 bits per heavy atom. The number of non-ortho nitro benzene ring substituents is 1. The van der Waals surface area contributed by atoms with Crippen LogP contribution in [0.3, 0.4) is 0 Å². The maximum Gasteiger partial charge on any atom is 0.344 e. The summed E-state index contributed by atoms with van der Waals surface area (Å²) in [7, 11) is 0. The Labute approximate surface area is 154 Å². The number of nitro benzene ring substituents is 1. The largest absolute Gasteiger partial charge is 0.482 e. The molecule has 0 atom stereocenters. The van der Waals surface area contributed by atoms with Crippen LogP contribution in [0, 0.1) is 10.1 Å². The van der Waals surface area contributed by atoms with Crippen LogP contribution in [0.5, 0.6) is 11.5 Å². The number of carbonyl (C=O) groups excluding carboxylic acids is 2. The van der Waals surface area contributed by atoms with E-state index >= 15 is 0 Å². The van der Waals surface area contributed by atoms with Crippen molar-refractivity contribution in [3.8, 4) is 11.5 Å². The summed E-state index contributed by atoms with van der Waals surface area (Å²) in [4.78, 5) is 34.1. The Hall–Kier alpha value is -3.68. The van der Waals surface area contributed by atoms with Gasteiger partial charge in [0.1, 0.15) is 11.5 Å². The Balaban J connectivity index is 1.77. The summed E-state index contributed by atoms with van der Waals surface area (Å²) in [6.45, 7) is 1.70. The number of rotatable bonds is 6. The molecule has 3 rings (SSSR count). The predicted octanol–water partition coefficient (Wildman–Crippen LogP) is 3.15. The molecule has 1 aliphatic heterocycles. The zero-order valence-corrected chi connectivity index (χ0v) is 14.3. The van der Waals surface area contributed by atoms with Crippen LogP contribution in [-0.2, 0) is 9.53 Å². The van der Waals surface area contributed by atoms with Gasteiger partial charge in [-0.05, 0) is 30.7 Å². The molecule has 2 aromatic rings. The van der Waals surface area contributed by atoms with Gasteiger partial charge in [0.05, 0.1) is 17.1 Å². The lowest BCUT2D eigenvalue weighted by Crippen LogP contribution is -2.14. The normalized spacial score (nSPS) is 13.8. The van der Waals surface area contributed by atoms with Gasteiger partial charge in [0, 0.05) is 18.2 Å². The highest BCUT2D eigenvalue weighted by atomic mass is 16.6. The van der Waals surface area contributed by atoms with Crippen molar-refractivity contribution in [3.05, 3.63) is 69.5 Å². The number of hydrogen-bond acceptors (Lipinski definition) is 7. The molecule has 0 amide bonds. The zero-order valence-electron chi connectivity index (χ0n) is 14.3. The number of nitrogens with zero attached hydrogens (tertiary/aromatic N) is 1. The number of esters is 1. The summed E-state index contributed by atoms with van der Waals surface area (Å²) in [5.41, 5.74) is 0.733. The summed E-state index contributed by atoms with van der Waals surface area (Å²) in [5.74, 6) is -0.146. The lowest BCUT2D eigenvalue weighted by atomic mass is 10.1. The number of ketones is 1. The molecule has 27 heavy (non-hydrogen) atoms. The molecule has 1 aliphatic rings. The smallest absolute Gasteiger partial charge is 0.344 e. The summed E-state index contributed by atoms with van der Waals surface area (Å²) in [5, 5.41) is 10.9. The lowest BCUT2D eigenvalue weighted by Gasteiger charge is -2.06. The molecular weight excluding hydrogens is 354 g/mol. The fourth-order valence-electron chi connectivity index (χ4n) is 2.48. The maximum atomic E-state index is 12.4. The third-order valence-corrected chi connectivity index (χ3v) is 3.68. The van der Waals surface area contributed by atoms with Gasteiger partial charge >= 0.3 is 5.97 Å². The van der Waals surface area contributed by atoms with Crippen molar-refractivity contribution in [2.45, 2.75) is 6.92 Å². The fraction of sp³-hybridized carbons (Fsp3) is 0.158. The number of hydrogen-bond donors (Lipinski definition) is 0. The molecule has 0 bridgehead atoms. The second kappa shape index (κ2) is 7.69. The van der Waals surface area contributed by atoms with E-state index in [1.54, 1.807) is 19.1 Å². The van der Waals surface area contributed by atoms with Crippen LogP contribution in [0.4, 0.5) is 5.69 Å². The van der Waals surface area contributed by atoms with Crippen LogP contribution in [0.15, 0.2) is 48.2 Å². The summed E-state index contributed by atoms with van der Waals surface area (Å²) >= 11 is 0. The minimum absolute atomic E-state index is 0.0491. The maximum absolute atomic E-state index is 12.4. The van der Waals surface area contributed by atoms with Crippen LogP contribution in [-0.4, -0.2) is 29.9 Å². The highest BCUT2D eigenvalue weighted by Gasteiger charge is 2.28. The van der Waals surface area contributed by atoms with Crippen molar-refractivity contribution in [3.63, 3.8) is 0 Å². The molecule has 2 aromatic carbocycles. The van der Waals surface area contributed by atoms with E-state index in [0.29, 0.717) is 16.9 Å². The molecule has 0 spiro atoms. The van der Waals surface area contributed by atoms with Crippen LogP contribution < -0.4 is 9.47 Å². The minimum atomic E-state index is -0.513. The van der Waals surface area contributed by atoms with Crippen LogP contribution in [0.1, 0.15) is 22.8 Å². The van der Waals surface area contributed by atoms with Crippen molar-refractivity contribution in [1.29, 1.82) is 0 Å². The van der Waals surface area contributed by atoms with Crippen molar-refractivity contribution in [2.24, 2.45) is 0 Å². The third-order valence-electron chi connectivity index (χ3n) is 3.68. The van der Waals surface area contributed by atoms with E-state index in [1.807, 2.05) is 0 Å². The highest BCUT2D eigenvalue weighted by molar-refractivity contribution is 6.14. The molecule has 0 aliphatic carbocycles. The first-order chi connectivity index (χ1) is 13.0. The molecule has 0 aromatic heterocycles. The first-order valence-electron chi connectivity index (χ1n) is 8.09. The SMILES string of the molecule is CCOC(=O)COc1ccc2c(c1)O/C(=C\c1cccc([N+](=O)[O-])c1)C2=O. The van der Waals surface area contributed by atoms with Gasteiger partial charge in [-0.3, -0.25) is 14.9 Å². The second-order valence-corrected chi connectivity index (χ2v) is 5.54. The van der Waals surface area contributed by atoms with Gasteiger partial charge in [-0.1, -0.05) is 12.1 Å². The van der Waals surface area contributed by atoms with Crippen molar-refractivity contribution in [1.82, 2.24) is 0 Å². The van der Waals surface area contributed by atoms with Crippen LogP contribution in [0.2, 0.25) is 0 Å². The van der Waals surface area contributed by atoms with E-state index in [1.165, 1.54) is 36.4 Å². The number of ether oxygens (including phenoxy) is 3.